The Morgan fingerprint density at radius 1 is 1.29 bits per heavy atom. The van der Waals surface area contributed by atoms with Gasteiger partial charge in [-0.1, -0.05) is 43.6 Å². The van der Waals surface area contributed by atoms with Gasteiger partial charge in [0.25, 0.3) is 0 Å². The molecule has 0 aliphatic carbocycles. The molecule has 14 heavy (non-hydrogen) atoms. The summed E-state index contributed by atoms with van der Waals surface area (Å²) in [5.74, 6) is 0.223. The van der Waals surface area contributed by atoms with E-state index in [0.717, 1.165) is 0 Å². The van der Waals surface area contributed by atoms with Gasteiger partial charge in [0.1, 0.15) is 0 Å². The van der Waals surface area contributed by atoms with Crippen LogP contribution in [0.3, 0.4) is 0 Å². The van der Waals surface area contributed by atoms with Crippen molar-refractivity contribution in [3.63, 3.8) is 0 Å². The number of rotatable bonds is 3. The fourth-order valence-electron chi connectivity index (χ4n) is 1.29. The van der Waals surface area contributed by atoms with E-state index in [1.165, 1.54) is 0 Å². The molecule has 3 heteroatoms. The van der Waals surface area contributed by atoms with E-state index in [1.807, 2.05) is 26.0 Å². The maximum atomic E-state index is 9.93. The van der Waals surface area contributed by atoms with Gasteiger partial charge < -0.3 is 10.8 Å². The van der Waals surface area contributed by atoms with Gasteiger partial charge in [0.15, 0.2) is 0 Å². The average Bonchev–Trinajstić information content (AvgIpc) is 2.16. The van der Waals surface area contributed by atoms with Crippen LogP contribution in [0, 0.1) is 5.92 Å². The monoisotopic (exact) mass is 213 g/mol. The van der Waals surface area contributed by atoms with Gasteiger partial charge >= 0.3 is 0 Å². The fraction of sp³-hybridized carbons (Fsp3) is 0.455. The van der Waals surface area contributed by atoms with Gasteiger partial charge in [-0.25, -0.2) is 0 Å². The van der Waals surface area contributed by atoms with Gasteiger partial charge in [0.05, 0.1) is 6.10 Å². The summed E-state index contributed by atoms with van der Waals surface area (Å²) in [5, 5.41) is 10.5. The summed E-state index contributed by atoms with van der Waals surface area (Å²) >= 11 is 5.95. The maximum absolute atomic E-state index is 9.93. The Labute approximate surface area is 89.7 Å². The van der Waals surface area contributed by atoms with Crippen LogP contribution in [0.2, 0.25) is 5.02 Å². The zero-order valence-corrected chi connectivity index (χ0v) is 9.20. The molecule has 0 aliphatic rings. The van der Waals surface area contributed by atoms with Gasteiger partial charge in [-0.15, -0.1) is 0 Å². The smallest absolute Gasteiger partial charge is 0.0957 e. The normalized spacial score (nSPS) is 15.6. The maximum Gasteiger partial charge on any atom is 0.0957 e. The van der Waals surface area contributed by atoms with Crippen molar-refractivity contribution in [3.05, 3.63) is 34.9 Å². The third-order valence-corrected chi connectivity index (χ3v) is 2.70. The first-order chi connectivity index (χ1) is 6.54. The minimum Gasteiger partial charge on any atom is -0.387 e. The zero-order chi connectivity index (χ0) is 10.7. The van der Waals surface area contributed by atoms with E-state index >= 15 is 0 Å². The Morgan fingerprint density at radius 3 is 2.36 bits per heavy atom. The van der Waals surface area contributed by atoms with Gasteiger partial charge in [0.2, 0.25) is 0 Å². The number of hydrogen-bond acceptors (Lipinski definition) is 2. The molecule has 0 saturated heterocycles. The summed E-state index contributed by atoms with van der Waals surface area (Å²) in [7, 11) is 0. The van der Waals surface area contributed by atoms with Gasteiger partial charge in [-0.3, -0.25) is 0 Å². The molecule has 0 radical (unpaired) electrons. The first kappa shape index (κ1) is 11.5. The van der Waals surface area contributed by atoms with Crippen molar-refractivity contribution in [2.75, 3.05) is 0 Å². The van der Waals surface area contributed by atoms with Crippen LogP contribution in [0.15, 0.2) is 24.3 Å². The molecule has 0 amide bonds. The lowest BCUT2D eigenvalue weighted by Crippen LogP contribution is -2.33. The zero-order valence-electron chi connectivity index (χ0n) is 8.44. The number of aliphatic hydroxyl groups is 1. The molecular weight excluding hydrogens is 198 g/mol. The van der Waals surface area contributed by atoms with Gasteiger partial charge in [0, 0.05) is 16.6 Å². The summed E-state index contributed by atoms with van der Waals surface area (Å²) in [6.07, 6.45) is -0.691. The van der Waals surface area contributed by atoms with E-state index in [9.17, 15) is 5.11 Å². The highest BCUT2D eigenvalue weighted by Crippen LogP contribution is 2.26. The molecular formula is C11H16ClNO. The third-order valence-electron chi connectivity index (χ3n) is 2.36. The van der Waals surface area contributed by atoms with Crippen molar-refractivity contribution in [1.29, 1.82) is 0 Å². The molecule has 1 aromatic rings. The highest BCUT2D eigenvalue weighted by atomic mass is 35.5. The van der Waals surface area contributed by atoms with Crippen LogP contribution in [0.4, 0.5) is 0 Å². The van der Waals surface area contributed by atoms with Crippen molar-refractivity contribution in [2.24, 2.45) is 11.7 Å². The second-order valence-electron chi connectivity index (χ2n) is 3.79. The van der Waals surface area contributed by atoms with Crippen molar-refractivity contribution in [2.45, 2.75) is 26.0 Å². The Balaban J connectivity index is 2.89. The van der Waals surface area contributed by atoms with Gasteiger partial charge in [-0.05, 0) is 12.0 Å². The van der Waals surface area contributed by atoms with Crippen molar-refractivity contribution < 1.29 is 5.11 Å². The number of aliphatic hydroxyl groups excluding tert-OH is 1. The molecule has 2 unspecified atom stereocenters. The summed E-state index contributed by atoms with van der Waals surface area (Å²) < 4.78 is 0. The summed E-state index contributed by atoms with van der Waals surface area (Å²) in [5.41, 5.74) is 6.56. The molecule has 2 atom stereocenters. The van der Waals surface area contributed by atoms with E-state index in [1.54, 1.807) is 12.1 Å². The minimum absolute atomic E-state index is 0.223. The second-order valence-corrected chi connectivity index (χ2v) is 4.19. The lowest BCUT2D eigenvalue weighted by Gasteiger charge is -2.23. The van der Waals surface area contributed by atoms with Crippen LogP contribution < -0.4 is 5.73 Å². The largest absolute Gasteiger partial charge is 0.387 e. The molecule has 0 saturated carbocycles. The first-order valence-electron chi connectivity index (χ1n) is 4.72. The highest BCUT2D eigenvalue weighted by molar-refractivity contribution is 6.31. The van der Waals surface area contributed by atoms with Crippen LogP contribution >= 0.6 is 11.6 Å². The number of benzene rings is 1. The molecule has 78 valence electrons. The molecule has 0 bridgehead atoms. The molecule has 0 spiro atoms. The Morgan fingerprint density at radius 2 is 1.86 bits per heavy atom. The van der Waals surface area contributed by atoms with Crippen LogP contribution in [0.1, 0.15) is 25.5 Å². The highest BCUT2D eigenvalue weighted by Gasteiger charge is 2.21. The third kappa shape index (κ3) is 2.47. The molecule has 0 aliphatic heterocycles. The average molecular weight is 214 g/mol. The summed E-state index contributed by atoms with van der Waals surface area (Å²) in [6, 6.07) is 6.95. The second kappa shape index (κ2) is 4.78. The molecule has 0 aromatic heterocycles. The Hall–Kier alpha value is -0.570. The van der Waals surface area contributed by atoms with E-state index in [0.29, 0.717) is 10.6 Å². The van der Waals surface area contributed by atoms with Crippen LogP contribution in [-0.4, -0.2) is 11.1 Å². The molecule has 3 N–H and O–H groups in total. The summed E-state index contributed by atoms with van der Waals surface area (Å²) in [6.45, 7) is 3.95. The molecule has 1 aromatic carbocycles. The van der Waals surface area contributed by atoms with Gasteiger partial charge in [-0.2, -0.15) is 0 Å². The molecule has 0 fully saturated rings. The van der Waals surface area contributed by atoms with Crippen molar-refractivity contribution in [1.82, 2.24) is 0 Å². The first-order valence-corrected chi connectivity index (χ1v) is 5.10. The molecule has 2 nitrogen and oxygen atoms in total. The topological polar surface area (TPSA) is 46.2 Å². The van der Waals surface area contributed by atoms with Crippen LogP contribution in [0.5, 0.6) is 0 Å². The van der Waals surface area contributed by atoms with Crippen molar-refractivity contribution >= 4 is 11.6 Å². The Bertz CT molecular complexity index is 301. The number of hydrogen-bond donors (Lipinski definition) is 2. The van der Waals surface area contributed by atoms with E-state index in [-0.39, 0.29) is 12.0 Å². The van der Waals surface area contributed by atoms with Crippen molar-refractivity contribution in [3.8, 4) is 0 Å². The van der Waals surface area contributed by atoms with E-state index < -0.39 is 6.10 Å². The van der Waals surface area contributed by atoms with Crippen LogP contribution in [0.25, 0.3) is 0 Å². The lowest BCUT2D eigenvalue weighted by molar-refractivity contribution is 0.126. The standard InChI is InChI=1S/C11H16ClNO/c1-7(2)10(13)11(14)8-5-3-4-6-9(8)12/h3-7,10-11,14H,13H2,1-2H3. The lowest BCUT2D eigenvalue weighted by atomic mass is 9.94. The molecule has 0 heterocycles. The van der Waals surface area contributed by atoms with Crippen LogP contribution in [-0.2, 0) is 0 Å². The quantitative estimate of drug-likeness (QED) is 0.810. The summed E-state index contributed by atoms with van der Waals surface area (Å²) in [4.78, 5) is 0. The number of halogens is 1. The van der Waals surface area contributed by atoms with E-state index in [2.05, 4.69) is 0 Å². The van der Waals surface area contributed by atoms with E-state index in [4.69, 9.17) is 17.3 Å². The predicted molar refractivity (Wildman–Crippen MR) is 59.2 cm³/mol. The fourth-order valence-corrected chi connectivity index (χ4v) is 1.53. The Kier molecular flexibility index (Phi) is 3.93. The SMILES string of the molecule is CC(C)C(N)C(O)c1ccccc1Cl. The minimum atomic E-state index is -0.691. The number of nitrogens with two attached hydrogens (primary N) is 1. The predicted octanol–water partition coefficient (Wildman–Crippen LogP) is 2.36. The molecule has 1 rings (SSSR count).